The standard InChI is InChI=1S/C14H20FNO/c15-12-4-6-13(7-5-12)16-10-14(11-17)8-2-1-3-9-14/h4-7,16-17H,1-3,8-11H2. The van der Waals surface area contributed by atoms with Crippen molar-refractivity contribution in [1.29, 1.82) is 0 Å². The summed E-state index contributed by atoms with van der Waals surface area (Å²) in [6, 6.07) is 6.39. The van der Waals surface area contributed by atoms with Crippen LogP contribution in [0.4, 0.5) is 10.1 Å². The van der Waals surface area contributed by atoms with Crippen molar-refractivity contribution in [2.45, 2.75) is 32.1 Å². The summed E-state index contributed by atoms with van der Waals surface area (Å²) < 4.78 is 12.8. The van der Waals surface area contributed by atoms with E-state index in [-0.39, 0.29) is 17.8 Å². The Kier molecular flexibility index (Phi) is 4.00. The fraction of sp³-hybridized carbons (Fsp3) is 0.571. The topological polar surface area (TPSA) is 32.3 Å². The van der Waals surface area contributed by atoms with E-state index in [1.54, 1.807) is 12.1 Å². The first-order chi connectivity index (χ1) is 8.24. The third-order valence-electron chi connectivity index (χ3n) is 3.76. The normalized spacial score (nSPS) is 18.9. The minimum Gasteiger partial charge on any atom is -0.396 e. The molecule has 94 valence electrons. The van der Waals surface area contributed by atoms with Crippen molar-refractivity contribution in [3.63, 3.8) is 0 Å². The number of nitrogens with one attached hydrogen (secondary N) is 1. The Bertz CT molecular complexity index is 344. The van der Waals surface area contributed by atoms with Gasteiger partial charge in [-0.3, -0.25) is 0 Å². The van der Waals surface area contributed by atoms with Crippen molar-refractivity contribution in [1.82, 2.24) is 0 Å². The van der Waals surface area contributed by atoms with E-state index in [0.29, 0.717) is 0 Å². The van der Waals surface area contributed by atoms with Crippen molar-refractivity contribution < 1.29 is 9.50 Å². The van der Waals surface area contributed by atoms with E-state index in [2.05, 4.69) is 5.32 Å². The van der Waals surface area contributed by atoms with Gasteiger partial charge in [0.1, 0.15) is 5.82 Å². The average molecular weight is 237 g/mol. The van der Waals surface area contributed by atoms with Crippen LogP contribution in [-0.2, 0) is 0 Å². The lowest BCUT2D eigenvalue weighted by molar-refractivity contribution is 0.0944. The lowest BCUT2D eigenvalue weighted by Gasteiger charge is -2.36. The summed E-state index contributed by atoms with van der Waals surface area (Å²) in [5.74, 6) is -0.218. The number of anilines is 1. The van der Waals surface area contributed by atoms with E-state index in [4.69, 9.17) is 0 Å². The first-order valence-electron chi connectivity index (χ1n) is 6.34. The van der Waals surface area contributed by atoms with Crippen LogP contribution in [0.2, 0.25) is 0 Å². The molecule has 0 aromatic heterocycles. The van der Waals surface area contributed by atoms with Gasteiger partial charge in [-0.15, -0.1) is 0 Å². The average Bonchev–Trinajstić information content (AvgIpc) is 2.39. The highest BCUT2D eigenvalue weighted by molar-refractivity contribution is 5.43. The van der Waals surface area contributed by atoms with Crippen LogP contribution in [0, 0.1) is 11.2 Å². The molecule has 0 bridgehead atoms. The van der Waals surface area contributed by atoms with Gasteiger partial charge in [-0.05, 0) is 37.1 Å². The van der Waals surface area contributed by atoms with Gasteiger partial charge in [0.25, 0.3) is 0 Å². The summed E-state index contributed by atoms with van der Waals surface area (Å²) in [7, 11) is 0. The summed E-state index contributed by atoms with van der Waals surface area (Å²) in [6.45, 7) is 1.01. The zero-order valence-electron chi connectivity index (χ0n) is 10.1. The van der Waals surface area contributed by atoms with E-state index < -0.39 is 0 Å². The monoisotopic (exact) mass is 237 g/mol. The quantitative estimate of drug-likeness (QED) is 0.843. The smallest absolute Gasteiger partial charge is 0.123 e. The number of halogens is 1. The van der Waals surface area contributed by atoms with Gasteiger partial charge >= 0.3 is 0 Å². The molecule has 0 aliphatic heterocycles. The van der Waals surface area contributed by atoms with E-state index in [9.17, 15) is 9.50 Å². The molecule has 1 fully saturated rings. The zero-order chi connectivity index (χ0) is 12.1. The predicted molar refractivity (Wildman–Crippen MR) is 67.5 cm³/mol. The molecule has 0 heterocycles. The van der Waals surface area contributed by atoms with Crippen LogP contribution in [0.15, 0.2) is 24.3 Å². The second-order valence-electron chi connectivity index (χ2n) is 5.08. The molecule has 0 amide bonds. The van der Waals surface area contributed by atoms with E-state index in [0.717, 1.165) is 25.1 Å². The fourth-order valence-electron chi connectivity index (χ4n) is 2.55. The Morgan fingerprint density at radius 3 is 2.35 bits per heavy atom. The first-order valence-corrected chi connectivity index (χ1v) is 6.34. The molecule has 0 atom stereocenters. The van der Waals surface area contributed by atoms with Crippen LogP contribution < -0.4 is 5.32 Å². The molecule has 0 radical (unpaired) electrons. The SMILES string of the molecule is OCC1(CNc2ccc(F)cc2)CCCCC1. The van der Waals surface area contributed by atoms with Gasteiger partial charge in [-0.25, -0.2) is 4.39 Å². The Morgan fingerprint density at radius 1 is 1.12 bits per heavy atom. The minimum absolute atomic E-state index is 0.0205. The molecule has 0 saturated heterocycles. The Balaban J connectivity index is 1.93. The summed E-state index contributed by atoms with van der Waals surface area (Å²) in [5, 5.41) is 12.9. The van der Waals surface area contributed by atoms with Gasteiger partial charge in [0.2, 0.25) is 0 Å². The highest BCUT2D eigenvalue weighted by Gasteiger charge is 2.30. The van der Waals surface area contributed by atoms with Crippen LogP contribution in [-0.4, -0.2) is 18.3 Å². The third kappa shape index (κ3) is 3.19. The molecule has 1 aliphatic rings. The molecule has 1 saturated carbocycles. The number of hydrogen-bond acceptors (Lipinski definition) is 2. The van der Waals surface area contributed by atoms with Crippen LogP contribution in [0.25, 0.3) is 0 Å². The van der Waals surface area contributed by atoms with Crippen molar-refractivity contribution in [2.75, 3.05) is 18.5 Å². The Hall–Kier alpha value is -1.09. The largest absolute Gasteiger partial charge is 0.396 e. The summed E-state index contributed by atoms with van der Waals surface area (Å²) in [4.78, 5) is 0. The minimum atomic E-state index is -0.218. The molecular weight excluding hydrogens is 217 g/mol. The second kappa shape index (κ2) is 5.50. The molecular formula is C14H20FNO. The second-order valence-corrected chi connectivity index (χ2v) is 5.08. The van der Waals surface area contributed by atoms with Crippen LogP contribution in [0.5, 0.6) is 0 Å². The van der Waals surface area contributed by atoms with Gasteiger partial charge in [-0.1, -0.05) is 19.3 Å². The number of rotatable bonds is 4. The van der Waals surface area contributed by atoms with Crippen molar-refractivity contribution in [3.8, 4) is 0 Å². The lowest BCUT2D eigenvalue weighted by atomic mass is 9.74. The number of aliphatic hydroxyl groups excluding tert-OH is 1. The van der Waals surface area contributed by atoms with Gasteiger partial charge in [0.15, 0.2) is 0 Å². The third-order valence-corrected chi connectivity index (χ3v) is 3.76. The van der Waals surface area contributed by atoms with Gasteiger partial charge in [0.05, 0.1) is 6.61 Å². The number of benzene rings is 1. The molecule has 1 aromatic carbocycles. The molecule has 17 heavy (non-hydrogen) atoms. The Labute approximate surface area is 102 Å². The van der Waals surface area contributed by atoms with Crippen molar-refractivity contribution in [3.05, 3.63) is 30.1 Å². The zero-order valence-corrected chi connectivity index (χ0v) is 10.1. The lowest BCUT2D eigenvalue weighted by Crippen LogP contribution is -2.35. The van der Waals surface area contributed by atoms with Gasteiger partial charge < -0.3 is 10.4 Å². The molecule has 2 rings (SSSR count). The van der Waals surface area contributed by atoms with Crippen LogP contribution >= 0.6 is 0 Å². The van der Waals surface area contributed by atoms with Gasteiger partial charge in [-0.2, -0.15) is 0 Å². The molecule has 2 nitrogen and oxygen atoms in total. The molecule has 0 spiro atoms. The summed E-state index contributed by atoms with van der Waals surface area (Å²) in [5.41, 5.74) is 0.942. The van der Waals surface area contributed by atoms with Crippen LogP contribution in [0.3, 0.4) is 0 Å². The predicted octanol–water partition coefficient (Wildman–Crippen LogP) is 3.18. The number of hydrogen-bond donors (Lipinski definition) is 2. The van der Waals surface area contributed by atoms with E-state index >= 15 is 0 Å². The maximum absolute atomic E-state index is 12.8. The highest BCUT2D eigenvalue weighted by Crippen LogP contribution is 2.35. The van der Waals surface area contributed by atoms with Crippen LogP contribution in [0.1, 0.15) is 32.1 Å². The van der Waals surface area contributed by atoms with E-state index in [1.165, 1.54) is 31.4 Å². The summed E-state index contributed by atoms with van der Waals surface area (Å²) in [6.07, 6.45) is 5.84. The molecule has 1 aromatic rings. The maximum atomic E-state index is 12.8. The molecule has 2 N–H and O–H groups in total. The highest BCUT2D eigenvalue weighted by atomic mass is 19.1. The number of aliphatic hydroxyl groups is 1. The van der Waals surface area contributed by atoms with Crippen molar-refractivity contribution >= 4 is 5.69 Å². The molecule has 0 unspecified atom stereocenters. The molecule has 1 aliphatic carbocycles. The summed E-state index contributed by atoms with van der Waals surface area (Å²) >= 11 is 0. The Morgan fingerprint density at radius 2 is 1.76 bits per heavy atom. The molecule has 3 heteroatoms. The fourth-order valence-corrected chi connectivity index (χ4v) is 2.55. The maximum Gasteiger partial charge on any atom is 0.123 e. The first kappa shape index (κ1) is 12.4. The van der Waals surface area contributed by atoms with Crippen molar-refractivity contribution in [2.24, 2.45) is 5.41 Å². The van der Waals surface area contributed by atoms with Gasteiger partial charge in [0, 0.05) is 17.6 Å². The van der Waals surface area contributed by atoms with E-state index in [1.807, 2.05) is 0 Å².